The van der Waals surface area contributed by atoms with Gasteiger partial charge in [0.05, 0.1) is 5.69 Å². The van der Waals surface area contributed by atoms with Gasteiger partial charge in [0.15, 0.2) is 0 Å². The molecule has 0 saturated carbocycles. The van der Waals surface area contributed by atoms with Gasteiger partial charge in [-0.3, -0.25) is 10.2 Å². The molecule has 4 rings (SSSR count). The van der Waals surface area contributed by atoms with Gasteiger partial charge in [0.2, 0.25) is 5.89 Å². The summed E-state index contributed by atoms with van der Waals surface area (Å²) in [7, 11) is 0. The van der Waals surface area contributed by atoms with Crippen molar-refractivity contribution in [3.05, 3.63) is 40.7 Å². The first-order valence-electron chi connectivity index (χ1n) is 11.2. The predicted octanol–water partition coefficient (Wildman–Crippen LogP) is 3.52. The van der Waals surface area contributed by atoms with E-state index in [1.54, 1.807) is 0 Å². The molecule has 0 aliphatic carbocycles. The number of aryl methyl sites for hydroxylation is 1. The Labute approximate surface area is 184 Å². The Hall–Kier alpha value is -1.44. The minimum atomic E-state index is -0.405. The number of benzene rings is 1. The van der Waals surface area contributed by atoms with Crippen LogP contribution >= 0.6 is 11.6 Å². The molecule has 1 aromatic carbocycles. The van der Waals surface area contributed by atoms with E-state index in [1.807, 2.05) is 31.2 Å². The van der Waals surface area contributed by atoms with E-state index < -0.39 is 6.23 Å². The zero-order chi connectivity index (χ0) is 20.9. The van der Waals surface area contributed by atoms with E-state index in [2.05, 4.69) is 15.1 Å². The lowest BCUT2D eigenvalue weighted by Crippen LogP contribution is -2.45. The molecule has 164 valence electrons. The van der Waals surface area contributed by atoms with Gasteiger partial charge in [0, 0.05) is 36.1 Å². The van der Waals surface area contributed by atoms with Gasteiger partial charge in [0.25, 0.3) is 0 Å². The summed E-state index contributed by atoms with van der Waals surface area (Å²) in [6, 6.07) is 7.60. The Morgan fingerprint density at radius 2 is 1.97 bits per heavy atom. The fourth-order valence-electron chi connectivity index (χ4n) is 4.50. The Balaban J connectivity index is 1.23. The van der Waals surface area contributed by atoms with Crippen LogP contribution in [0.4, 0.5) is 0 Å². The van der Waals surface area contributed by atoms with Crippen molar-refractivity contribution in [1.82, 2.24) is 20.1 Å². The van der Waals surface area contributed by atoms with E-state index in [0.717, 1.165) is 62.6 Å². The molecule has 7 heteroatoms. The van der Waals surface area contributed by atoms with Crippen LogP contribution in [-0.2, 0) is 6.54 Å². The van der Waals surface area contributed by atoms with Crippen molar-refractivity contribution in [1.29, 1.82) is 0 Å². The van der Waals surface area contributed by atoms with Crippen LogP contribution in [0, 0.1) is 12.8 Å². The molecule has 2 fully saturated rings. The molecular formula is C23H33ClN4O2. The number of hydrogen-bond donors (Lipinski definition) is 2. The average Bonchev–Trinajstić information content (AvgIpc) is 3.39. The summed E-state index contributed by atoms with van der Waals surface area (Å²) < 4.78 is 5.89. The van der Waals surface area contributed by atoms with Crippen molar-refractivity contribution in [2.24, 2.45) is 5.92 Å². The molecule has 6 nitrogen and oxygen atoms in total. The number of aromatic nitrogens is 1. The van der Waals surface area contributed by atoms with Crippen molar-refractivity contribution >= 4 is 11.6 Å². The van der Waals surface area contributed by atoms with Gasteiger partial charge in [0.1, 0.15) is 12.0 Å². The van der Waals surface area contributed by atoms with Gasteiger partial charge in [-0.15, -0.1) is 0 Å². The summed E-state index contributed by atoms with van der Waals surface area (Å²) in [6.07, 6.45) is 4.21. The fraction of sp³-hybridized carbons (Fsp3) is 0.609. The normalized spacial score (nSPS) is 20.1. The third-order valence-electron chi connectivity index (χ3n) is 6.40. The highest BCUT2D eigenvalue weighted by atomic mass is 35.5. The van der Waals surface area contributed by atoms with E-state index in [0.29, 0.717) is 16.8 Å². The van der Waals surface area contributed by atoms with Crippen LogP contribution in [0.3, 0.4) is 0 Å². The smallest absolute Gasteiger partial charge is 0.226 e. The molecule has 2 N–H and O–H groups in total. The summed E-state index contributed by atoms with van der Waals surface area (Å²) in [6.45, 7) is 9.00. The van der Waals surface area contributed by atoms with Gasteiger partial charge in [-0.05, 0) is 77.0 Å². The highest BCUT2D eigenvalue weighted by Crippen LogP contribution is 2.26. The molecule has 2 aliphatic rings. The molecule has 30 heavy (non-hydrogen) atoms. The number of rotatable bonds is 8. The van der Waals surface area contributed by atoms with Crippen molar-refractivity contribution in [2.45, 2.75) is 45.4 Å². The molecule has 0 spiro atoms. The monoisotopic (exact) mass is 432 g/mol. The van der Waals surface area contributed by atoms with Gasteiger partial charge >= 0.3 is 0 Å². The summed E-state index contributed by atoms with van der Waals surface area (Å²) in [5.74, 6) is 1.80. The molecule has 2 saturated heterocycles. The first-order chi connectivity index (χ1) is 14.6. The molecule has 1 unspecified atom stereocenters. The highest BCUT2D eigenvalue weighted by Gasteiger charge is 2.26. The van der Waals surface area contributed by atoms with Crippen LogP contribution in [0.25, 0.3) is 11.5 Å². The van der Waals surface area contributed by atoms with E-state index in [-0.39, 0.29) is 0 Å². The Kier molecular flexibility index (Phi) is 7.44. The largest absolute Gasteiger partial charge is 0.441 e. The first-order valence-corrected chi connectivity index (χ1v) is 11.5. The number of nitrogens with one attached hydrogen (secondary N) is 1. The Morgan fingerprint density at radius 1 is 1.20 bits per heavy atom. The number of aliphatic hydroxyl groups excluding tert-OH is 1. The third kappa shape index (κ3) is 5.62. The lowest BCUT2D eigenvalue weighted by atomic mass is 9.95. The van der Waals surface area contributed by atoms with Crippen LogP contribution in [-0.4, -0.2) is 65.4 Å². The van der Waals surface area contributed by atoms with E-state index in [1.165, 1.54) is 25.9 Å². The van der Waals surface area contributed by atoms with Crippen LogP contribution in [0.15, 0.2) is 28.7 Å². The van der Waals surface area contributed by atoms with Crippen molar-refractivity contribution < 1.29 is 9.52 Å². The maximum absolute atomic E-state index is 10.5. The van der Waals surface area contributed by atoms with Gasteiger partial charge in [-0.25, -0.2) is 4.98 Å². The van der Waals surface area contributed by atoms with Crippen LogP contribution in [0.5, 0.6) is 0 Å². The lowest BCUT2D eigenvalue weighted by Gasteiger charge is -2.34. The minimum absolute atomic E-state index is 0.320. The summed E-state index contributed by atoms with van der Waals surface area (Å²) in [5.41, 5.74) is 1.88. The van der Waals surface area contributed by atoms with Gasteiger partial charge in [-0.1, -0.05) is 17.7 Å². The minimum Gasteiger partial charge on any atom is -0.441 e. The molecule has 3 heterocycles. The van der Waals surface area contributed by atoms with E-state index in [9.17, 15) is 5.11 Å². The topological polar surface area (TPSA) is 64.8 Å². The quantitative estimate of drug-likeness (QED) is 0.622. The van der Waals surface area contributed by atoms with E-state index >= 15 is 0 Å². The number of halogens is 1. The predicted molar refractivity (Wildman–Crippen MR) is 119 cm³/mol. The second-order valence-corrected chi connectivity index (χ2v) is 9.03. The molecule has 0 amide bonds. The maximum atomic E-state index is 10.5. The zero-order valence-electron chi connectivity index (χ0n) is 17.8. The number of hydrogen-bond acceptors (Lipinski definition) is 6. The summed E-state index contributed by atoms with van der Waals surface area (Å²) >= 11 is 6.10. The number of oxazole rings is 1. The maximum Gasteiger partial charge on any atom is 0.226 e. The van der Waals surface area contributed by atoms with Gasteiger partial charge < -0.3 is 14.4 Å². The molecule has 2 aromatic rings. The number of aliphatic hydroxyl groups is 1. The Bertz CT molecular complexity index is 813. The second kappa shape index (κ2) is 10.2. The zero-order valence-corrected chi connectivity index (χ0v) is 18.6. The van der Waals surface area contributed by atoms with Crippen molar-refractivity contribution in [2.75, 3.05) is 39.3 Å². The van der Waals surface area contributed by atoms with Crippen molar-refractivity contribution in [3.63, 3.8) is 0 Å². The molecule has 2 aliphatic heterocycles. The highest BCUT2D eigenvalue weighted by molar-refractivity contribution is 6.30. The SMILES string of the molecule is Cc1oc(-c2cccc(Cl)c2)nc1CN1CCC(C(O)NCCN2CCCC2)CC1. The number of nitrogens with zero attached hydrogens (tertiary/aromatic N) is 3. The van der Waals surface area contributed by atoms with Crippen LogP contribution in [0.2, 0.25) is 5.02 Å². The molecular weight excluding hydrogens is 400 g/mol. The third-order valence-corrected chi connectivity index (χ3v) is 6.63. The Morgan fingerprint density at radius 3 is 2.70 bits per heavy atom. The first kappa shape index (κ1) is 21.8. The standard InChI is InChI=1S/C23H33ClN4O2/c1-17-21(26-23(30-17)19-5-4-6-20(24)15-19)16-28-12-7-18(8-13-28)22(29)25-9-14-27-10-2-3-11-27/h4-6,15,18,22,25,29H,2-3,7-14,16H2,1H3. The molecule has 1 atom stereocenters. The second-order valence-electron chi connectivity index (χ2n) is 8.59. The molecule has 0 radical (unpaired) electrons. The number of likely N-dealkylation sites (tertiary alicyclic amines) is 2. The van der Waals surface area contributed by atoms with Crippen LogP contribution in [0.1, 0.15) is 37.1 Å². The molecule has 1 aromatic heterocycles. The summed E-state index contributed by atoms with van der Waals surface area (Å²) in [4.78, 5) is 9.59. The lowest BCUT2D eigenvalue weighted by molar-refractivity contribution is 0.0327. The van der Waals surface area contributed by atoms with Crippen molar-refractivity contribution in [3.8, 4) is 11.5 Å². The number of piperidine rings is 1. The fourth-order valence-corrected chi connectivity index (χ4v) is 4.69. The molecule has 0 bridgehead atoms. The van der Waals surface area contributed by atoms with Crippen LogP contribution < -0.4 is 5.32 Å². The average molecular weight is 433 g/mol. The van der Waals surface area contributed by atoms with E-state index in [4.69, 9.17) is 21.0 Å². The van der Waals surface area contributed by atoms with Gasteiger partial charge in [-0.2, -0.15) is 0 Å². The summed E-state index contributed by atoms with van der Waals surface area (Å²) in [5, 5.41) is 14.5.